The third-order valence-corrected chi connectivity index (χ3v) is 5.22. The molecule has 0 aliphatic carbocycles. The van der Waals surface area contributed by atoms with Crippen LogP contribution in [0.2, 0.25) is 0 Å². The minimum atomic E-state index is 0.248. The first-order valence-corrected chi connectivity index (χ1v) is 8.50. The third kappa shape index (κ3) is 2.63. The molecule has 5 nitrogen and oxygen atoms in total. The fourth-order valence-corrected chi connectivity index (χ4v) is 4.06. The van der Waals surface area contributed by atoms with E-state index in [-0.39, 0.29) is 5.41 Å². The van der Waals surface area contributed by atoms with E-state index >= 15 is 0 Å². The molecular weight excluding hydrogens is 298 g/mol. The molecule has 1 fully saturated rings. The number of piperidine rings is 1. The molecule has 22 heavy (non-hydrogen) atoms. The van der Waals surface area contributed by atoms with E-state index in [1.807, 2.05) is 6.07 Å². The van der Waals surface area contributed by atoms with Crippen molar-refractivity contribution < 1.29 is 9.47 Å². The Morgan fingerprint density at radius 3 is 3.09 bits per heavy atom. The predicted molar refractivity (Wildman–Crippen MR) is 85.7 cm³/mol. The summed E-state index contributed by atoms with van der Waals surface area (Å²) >= 11 is 1.62. The van der Waals surface area contributed by atoms with Crippen molar-refractivity contribution in [2.24, 2.45) is 5.41 Å². The van der Waals surface area contributed by atoms with Crippen molar-refractivity contribution in [1.29, 1.82) is 0 Å². The summed E-state index contributed by atoms with van der Waals surface area (Å²) in [7, 11) is 0. The van der Waals surface area contributed by atoms with Gasteiger partial charge in [0.25, 0.3) is 0 Å². The van der Waals surface area contributed by atoms with Crippen LogP contribution in [0.3, 0.4) is 0 Å². The van der Waals surface area contributed by atoms with Gasteiger partial charge in [-0.1, -0.05) is 24.3 Å². The highest BCUT2D eigenvalue weighted by atomic mass is 32.1. The Morgan fingerprint density at radius 1 is 1.32 bits per heavy atom. The van der Waals surface area contributed by atoms with Gasteiger partial charge in [-0.25, -0.2) is 0 Å². The van der Waals surface area contributed by atoms with Crippen LogP contribution in [0.4, 0.5) is 5.13 Å². The standard InChI is InChI=1S/C16H19N3O2S/c1-16(5-2-6-19(9-16)15-18-17-10-22-15)8-12-3-4-13-14(7-12)21-11-20-13/h3-4,7,10H,2,5-6,8-9,11H2,1H3/t16-/m1/s1. The van der Waals surface area contributed by atoms with Crippen molar-refractivity contribution in [3.63, 3.8) is 0 Å². The molecule has 0 N–H and O–H groups in total. The van der Waals surface area contributed by atoms with Gasteiger partial charge in [0.05, 0.1) is 0 Å². The molecule has 1 atom stereocenters. The van der Waals surface area contributed by atoms with Crippen molar-refractivity contribution in [2.45, 2.75) is 26.2 Å². The Kier molecular flexibility index (Phi) is 3.41. The molecule has 6 heteroatoms. The zero-order valence-corrected chi connectivity index (χ0v) is 13.4. The number of aromatic nitrogens is 2. The Bertz CT molecular complexity index is 661. The molecule has 116 valence electrons. The largest absolute Gasteiger partial charge is 0.454 e. The highest BCUT2D eigenvalue weighted by Crippen LogP contribution is 2.38. The van der Waals surface area contributed by atoms with Crippen molar-refractivity contribution in [3.05, 3.63) is 29.3 Å². The van der Waals surface area contributed by atoms with Crippen LogP contribution in [0, 0.1) is 5.41 Å². The lowest BCUT2D eigenvalue weighted by atomic mass is 9.77. The van der Waals surface area contributed by atoms with Gasteiger partial charge in [-0.15, -0.1) is 10.2 Å². The predicted octanol–water partition coefficient (Wildman–Crippen LogP) is 3.12. The second-order valence-electron chi connectivity index (χ2n) is 6.42. The molecule has 2 aliphatic heterocycles. The fourth-order valence-electron chi connectivity index (χ4n) is 3.47. The van der Waals surface area contributed by atoms with Gasteiger partial charge in [0, 0.05) is 13.1 Å². The van der Waals surface area contributed by atoms with Crippen LogP contribution >= 0.6 is 11.3 Å². The summed E-state index contributed by atoms with van der Waals surface area (Å²) in [6.45, 7) is 4.80. The van der Waals surface area contributed by atoms with Crippen molar-refractivity contribution >= 4 is 16.5 Å². The first-order chi connectivity index (χ1) is 10.7. The highest BCUT2D eigenvalue weighted by Gasteiger charge is 2.32. The number of hydrogen-bond donors (Lipinski definition) is 0. The number of hydrogen-bond acceptors (Lipinski definition) is 6. The maximum absolute atomic E-state index is 5.49. The maximum atomic E-state index is 5.49. The van der Waals surface area contributed by atoms with Crippen LogP contribution in [0.15, 0.2) is 23.7 Å². The van der Waals surface area contributed by atoms with Crippen LogP contribution < -0.4 is 14.4 Å². The van der Waals surface area contributed by atoms with Crippen LogP contribution in [-0.2, 0) is 6.42 Å². The number of benzene rings is 1. The Labute approximate surface area is 133 Å². The fraction of sp³-hybridized carbons (Fsp3) is 0.500. The molecule has 1 aromatic heterocycles. The Morgan fingerprint density at radius 2 is 2.23 bits per heavy atom. The summed E-state index contributed by atoms with van der Waals surface area (Å²) in [5, 5.41) is 9.22. The minimum absolute atomic E-state index is 0.248. The van der Waals surface area contributed by atoms with Crippen molar-refractivity contribution in [1.82, 2.24) is 10.2 Å². The average molecular weight is 317 g/mol. The Balaban J connectivity index is 1.51. The number of fused-ring (bicyclic) bond motifs is 1. The minimum Gasteiger partial charge on any atom is -0.454 e. The van der Waals surface area contributed by atoms with E-state index in [1.54, 1.807) is 16.8 Å². The second-order valence-corrected chi connectivity index (χ2v) is 7.23. The van der Waals surface area contributed by atoms with E-state index in [2.05, 4.69) is 34.2 Å². The van der Waals surface area contributed by atoms with Crippen LogP contribution in [0.5, 0.6) is 11.5 Å². The van der Waals surface area contributed by atoms with Crippen molar-refractivity contribution in [2.75, 3.05) is 24.8 Å². The molecule has 0 radical (unpaired) electrons. The van der Waals surface area contributed by atoms with Gasteiger partial charge in [0.2, 0.25) is 11.9 Å². The molecule has 3 heterocycles. The monoisotopic (exact) mass is 317 g/mol. The van der Waals surface area contributed by atoms with E-state index in [9.17, 15) is 0 Å². The molecule has 1 aromatic carbocycles. The molecular formula is C16H19N3O2S. The summed E-state index contributed by atoms with van der Waals surface area (Å²) < 4.78 is 10.9. The molecule has 0 spiro atoms. The van der Waals surface area contributed by atoms with Gasteiger partial charge in [-0.05, 0) is 42.4 Å². The quantitative estimate of drug-likeness (QED) is 0.870. The lowest BCUT2D eigenvalue weighted by molar-refractivity contribution is 0.174. The molecule has 0 amide bonds. The summed E-state index contributed by atoms with van der Waals surface area (Å²) in [4.78, 5) is 2.37. The molecule has 0 saturated carbocycles. The molecule has 0 bridgehead atoms. The van der Waals surface area contributed by atoms with Gasteiger partial charge in [0.1, 0.15) is 5.51 Å². The number of ether oxygens (including phenoxy) is 2. The third-order valence-electron chi connectivity index (χ3n) is 4.47. The number of nitrogens with zero attached hydrogens (tertiary/aromatic N) is 3. The average Bonchev–Trinajstić information content (AvgIpc) is 3.18. The number of anilines is 1. The van der Waals surface area contributed by atoms with Crippen LogP contribution in [0.25, 0.3) is 0 Å². The van der Waals surface area contributed by atoms with Gasteiger partial charge in [0.15, 0.2) is 11.5 Å². The van der Waals surface area contributed by atoms with E-state index in [0.717, 1.165) is 36.1 Å². The molecule has 0 unspecified atom stereocenters. The Hall–Kier alpha value is -1.82. The second kappa shape index (κ2) is 5.43. The normalized spacial score (nSPS) is 23.8. The zero-order chi connectivity index (χ0) is 15.0. The highest BCUT2D eigenvalue weighted by molar-refractivity contribution is 7.13. The molecule has 2 aliphatic rings. The number of rotatable bonds is 3. The summed E-state index contributed by atoms with van der Waals surface area (Å²) in [6, 6.07) is 6.30. The van der Waals surface area contributed by atoms with Gasteiger partial charge in [-0.2, -0.15) is 0 Å². The molecule has 2 aromatic rings. The molecule has 1 saturated heterocycles. The van der Waals surface area contributed by atoms with E-state index in [0.29, 0.717) is 6.79 Å². The molecule has 4 rings (SSSR count). The van der Waals surface area contributed by atoms with Crippen molar-refractivity contribution in [3.8, 4) is 11.5 Å². The topological polar surface area (TPSA) is 47.5 Å². The summed E-state index contributed by atoms with van der Waals surface area (Å²) in [5.74, 6) is 1.73. The zero-order valence-electron chi connectivity index (χ0n) is 12.6. The van der Waals surface area contributed by atoms with E-state index in [4.69, 9.17) is 9.47 Å². The summed E-state index contributed by atoms with van der Waals surface area (Å²) in [6.07, 6.45) is 3.47. The lowest BCUT2D eigenvalue weighted by Gasteiger charge is -2.40. The van der Waals surface area contributed by atoms with E-state index in [1.165, 1.54) is 18.4 Å². The van der Waals surface area contributed by atoms with Crippen LogP contribution in [-0.4, -0.2) is 30.1 Å². The SMILES string of the molecule is C[C@]1(Cc2ccc3c(c2)OCO3)CCCN(c2nncs2)C1. The summed E-state index contributed by atoms with van der Waals surface area (Å²) in [5.41, 5.74) is 3.36. The van der Waals surface area contributed by atoms with Crippen LogP contribution in [0.1, 0.15) is 25.3 Å². The van der Waals surface area contributed by atoms with E-state index < -0.39 is 0 Å². The smallest absolute Gasteiger partial charge is 0.231 e. The van der Waals surface area contributed by atoms with Gasteiger partial charge in [-0.3, -0.25) is 0 Å². The maximum Gasteiger partial charge on any atom is 0.231 e. The first-order valence-electron chi connectivity index (χ1n) is 7.62. The van der Waals surface area contributed by atoms with Gasteiger partial charge >= 0.3 is 0 Å². The van der Waals surface area contributed by atoms with Gasteiger partial charge < -0.3 is 14.4 Å². The lowest BCUT2D eigenvalue weighted by Crippen LogP contribution is -2.42. The first kappa shape index (κ1) is 13.8.